The van der Waals surface area contributed by atoms with Crippen LogP contribution in [-0.2, 0) is 47.5 Å². The van der Waals surface area contributed by atoms with Gasteiger partial charge in [0.2, 0.25) is 5.60 Å². The van der Waals surface area contributed by atoms with E-state index in [1.165, 1.54) is 0 Å². The van der Waals surface area contributed by atoms with Crippen LogP contribution >= 0.6 is 22.6 Å². The lowest BCUT2D eigenvalue weighted by molar-refractivity contribution is -0.154. The zero-order valence-electron chi connectivity index (χ0n) is 37.7. The molecule has 0 amide bonds. The van der Waals surface area contributed by atoms with E-state index < -0.39 is 40.2 Å². The summed E-state index contributed by atoms with van der Waals surface area (Å²) >= 11 is 2.35. The van der Waals surface area contributed by atoms with E-state index >= 15 is 0 Å². The molecule has 4 atom stereocenters. The minimum atomic E-state index is -2.44. The zero-order chi connectivity index (χ0) is 43.0. The third-order valence-electron chi connectivity index (χ3n) is 11.9. The summed E-state index contributed by atoms with van der Waals surface area (Å²) in [4.78, 5) is 28.0. The van der Waals surface area contributed by atoms with Crippen LogP contribution in [0.5, 0.6) is 11.5 Å². The topological polar surface area (TPSA) is 92.8 Å². The van der Waals surface area contributed by atoms with Crippen LogP contribution in [0.15, 0.2) is 48.7 Å². The Hall–Kier alpha value is -2.04. The van der Waals surface area contributed by atoms with Gasteiger partial charge in [-0.25, -0.2) is 4.79 Å². The van der Waals surface area contributed by atoms with E-state index in [-0.39, 0.29) is 35.0 Å². The first-order chi connectivity index (χ1) is 26.4. The van der Waals surface area contributed by atoms with E-state index in [1.54, 1.807) is 13.2 Å². The van der Waals surface area contributed by atoms with Crippen molar-refractivity contribution in [2.75, 3.05) is 6.61 Å². The summed E-state index contributed by atoms with van der Waals surface area (Å²) in [7, 11) is -4.61. The lowest BCUT2D eigenvalue weighted by atomic mass is 9.88. The SMILES string of the molecule is CCCC(C=COc1c(I)cc(CC(C)C)c(OCc2ccccc2)c1CO[Si](C)(C)C(C)(C)C)C(=O)C[C@@H](O[Si](C)(C)C(C)(C)C)[C@]1(C(=O)OCC)OC1CC. The van der Waals surface area contributed by atoms with Crippen molar-refractivity contribution >= 4 is 51.0 Å². The van der Waals surface area contributed by atoms with Crippen LogP contribution in [-0.4, -0.2) is 52.8 Å². The highest BCUT2D eigenvalue weighted by atomic mass is 127. The van der Waals surface area contributed by atoms with Crippen LogP contribution in [0.4, 0.5) is 0 Å². The third-order valence-corrected chi connectivity index (χ3v) is 21.7. The monoisotopic (exact) mass is 936 g/mol. The largest absolute Gasteiger partial charge is 0.488 e. The summed E-state index contributed by atoms with van der Waals surface area (Å²) in [6.07, 6.45) is 5.27. The van der Waals surface area contributed by atoms with Gasteiger partial charge in [0, 0.05) is 12.3 Å². The molecule has 1 fully saturated rings. The lowest BCUT2D eigenvalue weighted by Gasteiger charge is -2.40. The Bertz CT molecular complexity index is 1660. The minimum Gasteiger partial charge on any atom is -0.488 e. The zero-order valence-corrected chi connectivity index (χ0v) is 41.9. The third kappa shape index (κ3) is 12.7. The van der Waals surface area contributed by atoms with Gasteiger partial charge in [0.25, 0.3) is 0 Å². The van der Waals surface area contributed by atoms with Gasteiger partial charge in [-0.3, -0.25) is 4.79 Å². The Morgan fingerprint density at radius 3 is 2.09 bits per heavy atom. The quantitative estimate of drug-likeness (QED) is 0.0379. The number of esters is 1. The highest BCUT2D eigenvalue weighted by molar-refractivity contribution is 14.1. The Morgan fingerprint density at radius 2 is 1.56 bits per heavy atom. The molecule has 57 heavy (non-hydrogen) atoms. The van der Waals surface area contributed by atoms with Gasteiger partial charge >= 0.3 is 5.97 Å². The van der Waals surface area contributed by atoms with Crippen LogP contribution in [0.2, 0.25) is 36.3 Å². The van der Waals surface area contributed by atoms with E-state index in [0.717, 1.165) is 38.9 Å². The van der Waals surface area contributed by atoms with Crippen molar-refractivity contribution in [3.63, 3.8) is 0 Å². The Labute approximate surface area is 360 Å². The molecular weight excluding hydrogens is 864 g/mol. The van der Waals surface area contributed by atoms with Crippen LogP contribution in [0.25, 0.3) is 0 Å². The molecule has 2 aromatic carbocycles. The maximum Gasteiger partial charge on any atom is 0.343 e. The molecule has 1 aliphatic rings. The molecule has 0 saturated carbocycles. The summed E-state index contributed by atoms with van der Waals surface area (Å²) in [6, 6.07) is 12.3. The van der Waals surface area contributed by atoms with E-state index in [9.17, 15) is 9.59 Å². The Kier molecular flexibility index (Phi) is 17.7. The van der Waals surface area contributed by atoms with Crippen molar-refractivity contribution < 1.29 is 37.4 Å². The number of hydrogen-bond acceptors (Lipinski definition) is 8. The summed E-state index contributed by atoms with van der Waals surface area (Å²) in [6.45, 7) is 33.2. The number of carbonyl (C=O) groups excluding carboxylic acids is 2. The first-order valence-corrected chi connectivity index (χ1v) is 27.9. The van der Waals surface area contributed by atoms with Gasteiger partial charge in [0.15, 0.2) is 16.6 Å². The molecule has 11 heteroatoms. The first-order valence-electron chi connectivity index (χ1n) is 21.0. The molecular formula is C46H73IO8Si2. The molecule has 2 aromatic rings. The van der Waals surface area contributed by atoms with E-state index in [2.05, 4.69) is 129 Å². The fraction of sp³-hybridized carbons (Fsp3) is 0.652. The molecule has 1 heterocycles. The number of halogens is 1. The second kappa shape index (κ2) is 20.5. The highest BCUT2D eigenvalue weighted by Gasteiger charge is 2.69. The second-order valence-electron chi connectivity index (χ2n) is 19.0. The van der Waals surface area contributed by atoms with Crippen molar-refractivity contribution in [3.05, 3.63) is 69.0 Å². The average Bonchev–Trinajstić information content (AvgIpc) is 3.86. The number of carbonyl (C=O) groups is 2. The van der Waals surface area contributed by atoms with Crippen LogP contribution < -0.4 is 9.47 Å². The molecule has 0 aromatic heterocycles. The second-order valence-corrected chi connectivity index (χ2v) is 29.7. The van der Waals surface area contributed by atoms with E-state index in [0.29, 0.717) is 37.7 Å². The van der Waals surface area contributed by atoms with Crippen LogP contribution in [0, 0.1) is 15.4 Å². The van der Waals surface area contributed by atoms with Crippen molar-refractivity contribution in [2.45, 2.75) is 176 Å². The van der Waals surface area contributed by atoms with Gasteiger partial charge in [-0.15, -0.1) is 0 Å². The number of ether oxygens (including phenoxy) is 4. The number of rotatable bonds is 22. The van der Waals surface area contributed by atoms with Gasteiger partial charge in [-0.2, -0.15) is 0 Å². The van der Waals surface area contributed by atoms with Crippen molar-refractivity contribution in [1.29, 1.82) is 0 Å². The number of hydrogen-bond donors (Lipinski definition) is 0. The Balaban J connectivity index is 2.06. The predicted octanol–water partition coefficient (Wildman–Crippen LogP) is 12.4. The molecule has 0 bridgehead atoms. The normalized spacial score (nSPS) is 18.8. The standard InChI is InChI=1S/C46H73IO8Si2/c1-16-22-34(38(48)29-40(55-57(14,15)45(9,10)11)46(39(17-2)54-46)43(49)50-18-3)25-26-51-42-36(31-53-56(12,13)44(6,7)8)41(35(27-32(4)5)28-37(42)47)52-30-33-23-20-19-21-24-33/h19-21,23-26,28,32,34,39-40H,16-18,22,27,29-31H2,1-15H3/t34?,39?,40-,46-/m1/s1. The maximum atomic E-state index is 14.4. The van der Waals surface area contributed by atoms with Crippen molar-refractivity contribution in [2.24, 2.45) is 11.8 Å². The Morgan fingerprint density at radius 1 is 0.930 bits per heavy atom. The van der Waals surface area contributed by atoms with Gasteiger partial charge in [-0.1, -0.05) is 106 Å². The number of Topliss-reactive ketones (excluding diaryl/α,β-unsaturated/α-hetero) is 1. The predicted molar refractivity (Wildman–Crippen MR) is 245 cm³/mol. The van der Waals surface area contributed by atoms with Gasteiger partial charge in [0.05, 0.1) is 34.7 Å². The molecule has 8 nitrogen and oxygen atoms in total. The number of ketones is 1. The van der Waals surface area contributed by atoms with Crippen LogP contribution in [0.3, 0.4) is 0 Å². The van der Waals surface area contributed by atoms with Crippen molar-refractivity contribution in [1.82, 2.24) is 0 Å². The smallest absolute Gasteiger partial charge is 0.343 e. The fourth-order valence-electron chi connectivity index (χ4n) is 6.40. The summed E-state index contributed by atoms with van der Waals surface area (Å²) in [5.74, 6) is 0.930. The average molecular weight is 937 g/mol. The van der Waals surface area contributed by atoms with Gasteiger partial charge in [0.1, 0.15) is 30.0 Å². The molecule has 0 N–H and O–H groups in total. The molecule has 1 saturated heterocycles. The molecule has 0 spiro atoms. The van der Waals surface area contributed by atoms with Gasteiger partial charge in [-0.05, 0) is 114 Å². The first kappa shape index (κ1) is 49.3. The molecule has 2 unspecified atom stereocenters. The number of allylic oxidation sites excluding steroid dienone is 1. The molecule has 0 aliphatic carbocycles. The summed E-state index contributed by atoms with van der Waals surface area (Å²) in [5, 5.41) is -0.134. The number of epoxide rings is 1. The maximum absolute atomic E-state index is 14.4. The van der Waals surface area contributed by atoms with Crippen molar-refractivity contribution in [3.8, 4) is 11.5 Å². The molecule has 320 valence electrons. The minimum absolute atomic E-state index is 0.0100. The lowest BCUT2D eigenvalue weighted by Crippen LogP contribution is -2.52. The molecule has 3 rings (SSSR count). The van der Waals surface area contributed by atoms with E-state index in [1.807, 2.05) is 31.2 Å². The summed E-state index contributed by atoms with van der Waals surface area (Å²) in [5.41, 5.74) is 1.77. The van der Waals surface area contributed by atoms with Crippen LogP contribution in [0.1, 0.15) is 119 Å². The van der Waals surface area contributed by atoms with Gasteiger partial charge < -0.3 is 27.8 Å². The highest BCUT2D eigenvalue weighted by Crippen LogP contribution is 2.49. The molecule has 0 radical (unpaired) electrons. The van der Waals surface area contributed by atoms with E-state index in [4.69, 9.17) is 27.8 Å². The molecule has 1 aliphatic heterocycles. The number of benzene rings is 2. The fourth-order valence-corrected chi connectivity index (χ4v) is 9.49. The summed E-state index contributed by atoms with van der Waals surface area (Å²) < 4.78 is 39.8.